The monoisotopic (exact) mass is 348 g/mol. The number of amides is 2. The van der Waals surface area contributed by atoms with Crippen molar-refractivity contribution in [1.29, 1.82) is 0 Å². The highest BCUT2D eigenvalue weighted by Gasteiger charge is 2.18. The minimum absolute atomic E-state index is 0.0975. The lowest BCUT2D eigenvalue weighted by Crippen LogP contribution is -2.42. The first-order valence-electron chi connectivity index (χ1n) is 8.08. The van der Waals surface area contributed by atoms with Gasteiger partial charge in [0.1, 0.15) is 5.82 Å². The SMILES string of the molecule is Cc1c(-c2ccccc2)ccc(F)c1C(=O)NNC(=O)c1ccccc1. The molecule has 0 unspecified atom stereocenters. The van der Waals surface area contributed by atoms with E-state index in [1.807, 2.05) is 30.3 Å². The van der Waals surface area contributed by atoms with Gasteiger partial charge in [0.05, 0.1) is 5.56 Å². The maximum absolute atomic E-state index is 14.3. The molecule has 3 aromatic rings. The zero-order valence-electron chi connectivity index (χ0n) is 14.1. The lowest BCUT2D eigenvalue weighted by Gasteiger charge is -2.13. The molecular formula is C21H17FN2O2. The fraction of sp³-hybridized carbons (Fsp3) is 0.0476. The van der Waals surface area contributed by atoms with Crippen LogP contribution in [0.2, 0.25) is 0 Å². The third kappa shape index (κ3) is 3.62. The van der Waals surface area contributed by atoms with Gasteiger partial charge in [-0.15, -0.1) is 0 Å². The third-order valence-electron chi connectivity index (χ3n) is 4.05. The highest BCUT2D eigenvalue weighted by Crippen LogP contribution is 2.27. The first-order chi connectivity index (χ1) is 12.6. The molecule has 0 aliphatic heterocycles. The summed E-state index contributed by atoms with van der Waals surface area (Å²) >= 11 is 0. The standard InChI is InChI=1S/C21H17FN2O2/c1-14-17(15-8-4-2-5-9-15)12-13-18(22)19(14)21(26)24-23-20(25)16-10-6-3-7-11-16/h2-13H,1H3,(H,23,25)(H,24,26). The normalized spacial score (nSPS) is 10.2. The Morgan fingerprint density at radius 3 is 2.00 bits per heavy atom. The number of carbonyl (C=O) groups excluding carboxylic acids is 2. The highest BCUT2D eigenvalue weighted by atomic mass is 19.1. The maximum Gasteiger partial charge on any atom is 0.272 e. The molecule has 0 atom stereocenters. The van der Waals surface area contributed by atoms with Crippen molar-refractivity contribution in [2.75, 3.05) is 0 Å². The Morgan fingerprint density at radius 2 is 1.35 bits per heavy atom. The van der Waals surface area contributed by atoms with Crippen LogP contribution < -0.4 is 10.9 Å². The summed E-state index contributed by atoms with van der Waals surface area (Å²) in [7, 11) is 0. The van der Waals surface area contributed by atoms with Crippen molar-refractivity contribution in [3.8, 4) is 11.1 Å². The quantitative estimate of drug-likeness (QED) is 0.706. The van der Waals surface area contributed by atoms with E-state index < -0.39 is 17.6 Å². The second kappa shape index (κ2) is 7.61. The van der Waals surface area contributed by atoms with Crippen molar-refractivity contribution in [3.05, 3.63) is 95.3 Å². The Bertz CT molecular complexity index is 941. The maximum atomic E-state index is 14.3. The Balaban J connectivity index is 1.82. The average molecular weight is 348 g/mol. The van der Waals surface area contributed by atoms with Gasteiger partial charge in [-0.05, 0) is 41.8 Å². The van der Waals surface area contributed by atoms with Crippen molar-refractivity contribution in [2.45, 2.75) is 6.92 Å². The van der Waals surface area contributed by atoms with Crippen LogP contribution in [-0.2, 0) is 0 Å². The molecule has 0 heterocycles. The van der Waals surface area contributed by atoms with Gasteiger partial charge in [0.15, 0.2) is 0 Å². The fourth-order valence-corrected chi connectivity index (χ4v) is 2.73. The average Bonchev–Trinajstić information content (AvgIpc) is 2.67. The van der Waals surface area contributed by atoms with E-state index in [1.54, 1.807) is 43.3 Å². The van der Waals surface area contributed by atoms with Crippen LogP contribution in [0.5, 0.6) is 0 Å². The zero-order valence-corrected chi connectivity index (χ0v) is 14.1. The fourth-order valence-electron chi connectivity index (χ4n) is 2.73. The first-order valence-corrected chi connectivity index (χ1v) is 8.08. The molecule has 0 bridgehead atoms. The van der Waals surface area contributed by atoms with Gasteiger partial charge in [-0.3, -0.25) is 20.4 Å². The second-order valence-electron chi connectivity index (χ2n) is 5.74. The van der Waals surface area contributed by atoms with Crippen LogP contribution in [0.1, 0.15) is 26.3 Å². The van der Waals surface area contributed by atoms with Crippen LogP contribution in [0.4, 0.5) is 4.39 Å². The molecular weight excluding hydrogens is 331 g/mol. The number of hydrazine groups is 1. The van der Waals surface area contributed by atoms with E-state index in [2.05, 4.69) is 10.9 Å². The number of hydrogen-bond donors (Lipinski definition) is 2. The van der Waals surface area contributed by atoms with Gasteiger partial charge >= 0.3 is 0 Å². The van der Waals surface area contributed by atoms with Gasteiger partial charge in [-0.2, -0.15) is 0 Å². The molecule has 3 aromatic carbocycles. The number of benzene rings is 3. The van der Waals surface area contributed by atoms with Gasteiger partial charge in [-0.25, -0.2) is 4.39 Å². The highest BCUT2D eigenvalue weighted by molar-refractivity contribution is 6.00. The van der Waals surface area contributed by atoms with Crippen molar-refractivity contribution < 1.29 is 14.0 Å². The van der Waals surface area contributed by atoms with Crippen LogP contribution in [-0.4, -0.2) is 11.8 Å². The van der Waals surface area contributed by atoms with Crippen molar-refractivity contribution in [2.24, 2.45) is 0 Å². The third-order valence-corrected chi connectivity index (χ3v) is 4.05. The summed E-state index contributed by atoms with van der Waals surface area (Å²) < 4.78 is 14.3. The summed E-state index contributed by atoms with van der Waals surface area (Å²) in [4.78, 5) is 24.5. The lowest BCUT2D eigenvalue weighted by atomic mass is 9.96. The zero-order chi connectivity index (χ0) is 18.5. The van der Waals surface area contributed by atoms with E-state index in [1.165, 1.54) is 6.07 Å². The molecule has 2 N–H and O–H groups in total. The number of carbonyl (C=O) groups is 2. The van der Waals surface area contributed by atoms with Gasteiger partial charge in [0.2, 0.25) is 0 Å². The minimum atomic E-state index is -0.706. The van der Waals surface area contributed by atoms with Gasteiger partial charge in [0, 0.05) is 5.56 Å². The Kier molecular flexibility index (Phi) is 5.08. The predicted molar refractivity (Wildman–Crippen MR) is 97.9 cm³/mol. The summed E-state index contributed by atoms with van der Waals surface area (Å²) in [6.45, 7) is 1.68. The summed E-state index contributed by atoms with van der Waals surface area (Å²) in [5.41, 5.74) is 7.02. The van der Waals surface area contributed by atoms with E-state index in [4.69, 9.17) is 0 Å². The second-order valence-corrected chi connectivity index (χ2v) is 5.74. The first kappa shape index (κ1) is 17.4. The predicted octanol–water partition coefficient (Wildman–Crippen LogP) is 3.88. The Hall–Kier alpha value is -3.47. The van der Waals surface area contributed by atoms with E-state index in [0.717, 1.165) is 11.1 Å². The van der Waals surface area contributed by atoms with Gasteiger partial charge in [0.25, 0.3) is 11.8 Å². The van der Waals surface area contributed by atoms with Crippen LogP contribution in [0.25, 0.3) is 11.1 Å². The Morgan fingerprint density at radius 1 is 0.769 bits per heavy atom. The van der Waals surface area contributed by atoms with E-state index in [-0.39, 0.29) is 5.56 Å². The summed E-state index contributed by atoms with van der Waals surface area (Å²) in [6, 6.07) is 20.7. The summed E-state index contributed by atoms with van der Waals surface area (Å²) in [6.07, 6.45) is 0. The molecule has 0 fully saturated rings. The van der Waals surface area contributed by atoms with E-state index in [9.17, 15) is 14.0 Å². The van der Waals surface area contributed by atoms with Gasteiger partial charge < -0.3 is 0 Å². The molecule has 4 nitrogen and oxygen atoms in total. The molecule has 2 amide bonds. The van der Waals surface area contributed by atoms with E-state index >= 15 is 0 Å². The Labute approximate surface area is 150 Å². The number of halogens is 1. The molecule has 0 saturated carbocycles. The van der Waals surface area contributed by atoms with E-state index in [0.29, 0.717) is 11.1 Å². The number of nitrogens with one attached hydrogen (secondary N) is 2. The summed E-state index contributed by atoms with van der Waals surface area (Å²) in [5.74, 6) is -1.83. The van der Waals surface area contributed by atoms with Crippen LogP contribution in [0.15, 0.2) is 72.8 Å². The van der Waals surface area contributed by atoms with Crippen LogP contribution in [0, 0.1) is 12.7 Å². The molecule has 0 saturated heterocycles. The summed E-state index contributed by atoms with van der Waals surface area (Å²) in [5, 5.41) is 0. The number of hydrogen-bond acceptors (Lipinski definition) is 2. The topological polar surface area (TPSA) is 58.2 Å². The van der Waals surface area contributed by atoms with Crippen LogP contribution in [0.3, 0.4) is 0 Å². The van der Waals surface area contributed by atoms with Crippen molar-refractivity contribution >= 4 is 11.8 Å². The molecule has 0 spiro atoms. The number of rotatable bonds is 3. The molecule has 5 heteroatoms. The smallest absolute Gasteiger partial charge is 0.267 e. The molecule has 0 aliphatic rings. The largest absolute Gasteiger partial charge is 0.272 e. The van der Waals surface area contributed by atoms with Gasteiger partial charge in [-0.1, -0.05) is 54.6 Å². The molecule has 26 heavy (non-hydrogen) atoms. The van der Waals surface area contributed by atoms with Crippen LogP contribution >= 0.6 is 0 Å². The van der Waals surface area contributed by atoms with Crippen molar-refractivity contribution in [1.82, 2.24) is 10.9 Å². The molecule has 130 valence electrons. The minimum Gasteiger partial charge on any atom is -0.267 e. The van der Waals surface area contributed by atoms with Crippen molar-refractivity contribution in [3.63, 3.8) is 0 Å². The molecule has 0 aliphatic carbocycles. The molecule has 3 rings (SSSR count). The molecule has 0 aromatic heterocycles. The lowest BCUT2D eigenvalue weighted by molar-refractivity contribution is 0.0844. The molecule has 0 radical (unpaired) electrons.